The first-order valence-corrected chi connectivity index (χ1v) is 9.05. The predicted octanol–water partition coefficient (Wildman–Crippen LogP) is 3.25. The Morgan fingerprint density at radius 2 is 2.00 bits per heavy atom. The Bertz CT molecular complexity index is 865. The molecule has 1 aliphatic heterocycles. The Kier molecular flexibility index (Phi) is 3.90. The van der Waals surface area contributed by atoms with E-state index >= 15 is 0 Å². The number of primary sulfonamides is 1. The van der Waals surface area contributed by atoms with Gasteiger partial charge in [0.15, 0.2) is 0 Å². The largest absolute Gasteiger partial charge is 0.359 e. The minimum Gasteiger partial charge on any atom is -0.359 e. The summed E-state index contributed by atoms with van der Waals surface area (Å²) in [6.45, 7) is 4.31. The van der Waals surface area contributed by atoms with Crippen LogP contribution in [-0.4, -0.2) is 8.42 Å². The van der Waals surface area contributed by atoms with Crippen molar-refractivity contribution in [3.05, 3.63) is 58.9 Å². The van der Waals surface area contributed by atoms with E-state index in [0.717, 1.165) is 17.5 Å². The van der Waals surface area contributed by atoms with Crippen molar-refractivity contribution in [2.24, 2.45) is 5.14 Å². The summed E-state index contributed by atoms with van der Waals surface area (Å²) in [6, 6.07) is 10.9. The molecule has 122 valence electrons. The zero-order valence-corrected chi connectivity index (χ0v) is 13.9. The molecule has 1 aliphatic rings. The molecule has 0 radical (unpaired) electrons. The van der Waals surface area contributed by atoms with Gasteiger partial charge in [0, 0.05) is 6.54 Å². The van der Waals surface area contributed by atoms with Crippen LogP contribution < -0.4 is 10.0 Å². The standard InChI is InChI=1S/C17H19FN2O2S/c1-3-15-13-7-5-4-6-12(13)10-20(15)16-9-11(2)8-14(18)17(16)23(19,21)22/h4-9,15H,3,10H2,1-2H3,(H2,19,21,22). The van der Waals surface area contributed by atoms with Crippen molar-refractivity contribution >= 4 is 15.7 Å². The van der Waals surface area contributed by atoms with E-state index in [-0.39, 0.29) is 6.04 Å². The lowest BCUT2D eigenvalue weighted by atomic mass is 10.0. The zero-order valence-electron chi connectivity index (χ0n) is 13.1. The molecule has 0 amide bonds. The smallest absolute Gasteiger partial charge is 0.243 e. The highest BCUT2D eigenvalue weighted by Crippen LogP contribution is 2.42. The van der Waals surface area contributed by atoms with E-state index in [1.54, 1.807) is 13.0 Å². The van der Waals surface area contributed by atoms with Gasteiger partial charge >= 0.3 is 0 Å². The third kappa shape index (κ3) is 2.72. The van der Waals surface area contributed by atoms with E-state index in [9.17, 15) is 12.8 Å². The van der Waals surface area contributed by atoms with E-state index in [0.29, 0.717) is 17.8 Å². The van der Waals surface area contributed by atoms with Crippen molar-refractivity contribution in [1.29, 1.82) is 0 Å². The van der Waals surface area contributed by atoms with Gasteiger partial charge in [-0.2, -0.15) is 0 Å². The molecule has 0 bridgehead atoms. The fourth-order valence-corrected chi connectivity index (χ4v) is 4.16. The molecular weight excluding hydrogens is 315 g/mol. The predicted molar refractivity (Wildman–Crippen MR) is 88.2 cm³/mol. The maximum absolute atomic E-state index is 14.3. The highest BCUT2D eigenvalue weighted by atomic mass is 32.2. The van der Waals surface area contributed by atoms with Crippen LogP contribution in [0.1, 0.15) is 36.1 Å². The third-order valence-corrected chi connectivity index (χ3v) is 5.25. The number of hydrogen-bond donors (Lipinski definition) is 1. The van der Waals surface area contributed by atoms with E-state index in [1.807, 2.05) is 36.1 Å². The van der Waals surface area contributed by atoms with Crippen LogP contribution in [-0.2, 0) is 16.6 Å². The van der Waals surface area contributed by atoms with E-state index in [1.165, 1.54) is 6.07 Å². The molecule has 6 heteroatoms. The highest BCUT2D eigenvalue weighted by molar-refractivity contribution is 7.89. The summed E-state index contributed by atoms with van der Waals surface area (Å²) >= 11 is 0. The summed E-state index contributed by atoms with van der Waals surface area (Å²) in [5.41, 5.74) is 3.28. The zero-order chi connectivity index (χ0) is 16.8. The minimum atomic E-state index is -4.15. The SMILES string of the molecule is CCC1c2ccccc2CN1c1cc(C)cc(F)c1S(N)(=O)=O. The molecule has 0 aromatic heterocycles. The van der Waals surface area contributed by atoms with E-state index in [2.05, 4.69) is 0 Å². The maximum Gasteiger partial charge on any atom is 0.243 e. The molecule has 3 rings (SSSR count). The number of halogens is 1. The topological polar surface area (TPSA) is 63.4 Å². The first-order chi connectivity index (χ1) is 10.8. The van der Waals surface area contributed by atoms with Crippen molar-refractivity contribution in [3.8, 4) is 0 Å². The molecule has 0 aliphatic carbocycles. The van der Waals surface area contributed by atoms with Crippen molar-refractivity contribution in [2.45, 2.75) is 37.8 Å². The normalized spacial score (nSPS) is 17.4. The number of sulfonamides is 1. The number of benzene rings is 2. The van der Waals surface area contributed by atoms with Crippen LogP contribution in [0.5, 0.6) is 0 Å². The molecule has 23 heavy (non-hydrogen) atoms. The van der Waals surface area contributed by atoms with Crippen LogP contribution in [0.25, 0.3) is 0 Å². The molecule has 4 nitrogen and oxygen atoms in total. The summed E-state index contributed by atoms with van der Waals surface area (Å²) in [5, 5.41) is 5.27. The number of fused-ring (bicyclic) bond motifs is 1. The Balaban J connectivity index is 2.20. The van der Waals surface area contributed by atoms with E-state index < -0.39 is 20.7 Å². The van der Waals surface area contributed by atoms with Crippen LogP contribution in [0.15, 0.2) is 41.3 Å². The summed E-state index contributed by atoms with van der Waals surface area (Å²) in [4.78, 5) is 1.51. The van der Waals surface area contributed by atoms with Crippen LogP contribution >= 0.6 is 0 Å². The number of hydrogen-bond acceptors (Lipinski definition) is 3. The third-order valence-electron chi connectivity index (χ3n) is 4.28. The molecule has 0 saturated heterocycles. The molecule has 2 aromatic rings. The van der Waals surface area contributed by atoms with Gasteiger partial charge in [-0.25, -0.2) is 17.9 Å². The van der Waals surface area contributed by atoms with Crippen LogP contribution in [0, 0.1) is 12.7 Å². The second-order valence-electron chi connectivity index (χ2n) is 5.89. The average Bonchev–Trinajstić information content (AvgIpc) is 2.83. The molecular formula is C17H19FN2O2S. The quantitative estimate of drug-likeness (QED) is 0.937. The first-order valence-electron chi connectivity index (χ1n) is 7.50. The fourth-order valence-electron chi connectivity index (χ4n) is 3.36. The lowest BCUT2D eigenvalue weighted by molar-refractivity contribution is 0.560. The Hall–Kier alpha value is -1.92. The van der Waals surface area contributed by atoms with Crippen molar-refractivity contribution < 1.29 is 12.8 Å². The average molecular weight is 334 g/mol. The second-order valence-corrected chi connectivity index (χ2v) is 7.39. The lowest BCUT2D eigenvalue weighted by Gasteiger charge is -2.28. The van der Waals surface area contributed by atoms with Gasteiger partial charge in [-0.1, -0.05) is 31.2 Å². The van der Waals surface area contributed by atoms with Gasteiger partial charge < -0.3 is 4.90 Å². The number of rotatable bonds is 3. The van der Waals surface area contributed by atoms with Crippen LogP contribution in [0.4, 0.5) is 10.1 Å². The number of nitrogens with two attached hydrogens (primary N) is 1. The first kappa shape index (κ1) is 16.0. The van der Waals surface area contributed by atoms with Gasteiger partial charge in [0.05, 0.1) is 11.7 Å². The number of nitrogens with zero attached hydrogens (tertiary/aromatic N) is 1. The molecule has 1 unspecified atom stereocenters. The molecule has 0 fully saturated rings. The lowest BCUT2D eigenvalue weighted by Crippen LogP contribution is -2.26. The van der Waals surface area contributed by atoms with Crippen LogP contribution in [0.3, 0.4) is 0 Å². The maximum atomic E-state index is 14.3. The Morgan fingerprint density at radius 1 is 1.30 bits per heavy atom. The second kappa shape index (κ2) is 5.62. The summed E-state index contributed by atoms with van der Waals surface area (Å²) in [5.74, 6) is -0.798. The Morgan fingerprint density at radius 3 is 2.65 bits per heavy atom. The number of anilines is 1. The van der Waals surface area contributed by atoms with Gasteiger partial charge in [0.25, 0.3) is 0 Å². The van der Waals surface area contributed by atoms with Crippen molar-refractivity contribution in [3.63, 3.8) is 0 Å². The number of aryl methyl sites for hydroxylation is 1. The molecule has 0 saturated carbocycles. The van der Waals surface area contributed by atoms with Gasteiger partial charge in [-0.3, -0.25) is 0 Å². The minimum absolute atomic E-state index is 0.00731. The van der Waals surface area contributed by atoms with E-state index in [4.69, 9.17) is 5.14 Å². The molecule has 2 N–H and O–H groups in total. The molecule has 1 atom stereocenters. The fraction of sp³-hybridized carbons (Fsp3) is 0.294. The molecule has 1 heterocycles. The molecule has 2 aromatic carbocycles. The Labute approximate surface area is 135 Å². The summed E-state index contributed by atoms with van der Waals surface area (Å²) < 4.78 is 38.2. The van der Waals surface area contributed by atoms with Crippen molar-refractivity contribution in [2.75, 3.05) is 4.90 Å². The van der Waals surface area contributed by atoms with Gasteiger partial charge in [-0.05, 0) is 42.2 Å². The monoisotopic (exact) mass is 334 g/mol. The van der Waals surface area contributed by atoms with Gasteiger partial charge in [0.1, 0.15) is 10.7 Å². The molecule has 0 spiro atoms. The van der Waals surface area contributed by atoms with Crippen LogP contribution in [0.2, 0.25) is 0 Å². The van der Waals surface area contributed by atoms with Gasteiger partial charge in [-0.15, -0.1) is 0 Å². The highest BCUT2D eigenvalue weighted by Gasteiger charge is 2.33. The summed E-state index contributed by atoms with van der Waals surface area (Å²) in [6.07, 6.45) is 0.788. The van der Waals surface area contributed by atoms with Gasteiger partial charge in [0.2, 0.25) is 10.0 Å². The van der Waals surface area contributed by atoms with Crippen molar-refractivity contribution in [1.82, 2.24) is 0 Å². The summed E-state index contributed by atoms with van der Waals surface area (Å²) in [7, 11) is -4.15.